The number of likely N-dealkylation sites (N-methyl/N-ethyl adjacent to an activating group) is 1. The van der Waals surface area contributed by atoms with Crippen molar-refractivity contribution in [2.45, 2.75) is 44.9 Å². The van der Waals surface area contributed by atoms with Crippen LogP contribution >= 0.6 is 0 Å². The third kappa shape index (κ3) is 4.09. The van der Waals surface area contributed by atoms with E-state index in [2.05, 4.69) is 0 Å². The van der Waals surface area contributed by atoms with Gasteiger partial charge in [0.05, 0.1) is 17.3 Å². The molecule has 0 unspecified atom stereocenters. The van der Waals surface area contributed by atoms with Crippen LogP contribution in [0.2, 0.25) is 0 Å². The highest BCUT2D eigenvalue weighted by Gasteiger charge is 2.64. The van der Waals surface area contributed by atoms with E-state index in [1.54, 1.807) is 7.05 Å². The van der Waals surface area contributed by atoms with Gasteiger partial charge >= 0.3 is 0 Å². The highest BCUT2D eigenvalue weighted by molar-refractivity contribution is 6.24. The molecule has 11 nitrogen and oxygen atoms in total. The number of phenolic OH excluding ortho intramolecular Hbond substituents is 1. The molecule has 3 aliphatic carbocycles. The number of amides is 1. The molecule has 39 heavy (non-hydrogen) atoms. The van der Waals surface area contributed by atoms with E-state index < -0.39 is 69.6 Å². The lowest BCUT2D eigenvalue weighted by Crippen LogP contribution is -2.65. The summed E-state index contributed by atoms with van der Waals surface area (Å²) in [6.45, 7) is 4.73. The molecule has 4 atom stereocenters. The van der Waals surface area contributed by atoms with Crippen molar-refractivity contribution in [3.63, 3.8) is 0 Å². The minimum Gasteiger partial charge on any atom is -0.508 e. The Morgan fingerprint density at radius 1 is 1.18 bits per heavy atom. The molecular weight excluding hydrogens is 511 g/mol. The van der Waals surface area contributed by atoms with Crippen molar-refractivity contribution in [2.75, 3.05) is 33.4 Å². The minimum absolute atomic E-state index is 0.0414. The number of Topliss-reactive ketones (excluding diaryl/α,β-unsaturated/α-hetero) is 2. The van der Waals surface area contributed by atoms with Gasteiger partial charge in [0.15, 0.2) is 11.4 Å². The maximum absolute atomic E-state index is 16.0. The number of halogens is 1. The highest BCUT2D eigenvalue weighted by Crippen LogP contribution is 2.53. The van der Waals surface area contributed by atoms with E-state index in [1.165, 1.54) is 19.0 Å². The molecule has 1 aromatic carbocycles. The van der Waals surface area contributed by atoms with E-state index in [9.17, 15) is 34.8 Å². The fourth-order valence-electron chi connectivity index (χ4n) is 6.52. The second-order valence-corrected chi connectivity index (χ2v) is 11.5. The summed E-state index contributed by atoms with van der Waals surface area (Å²) in [7, 11) is 4.80. The van der Waals surface area contributed by atoms with E-state index in [4.69, 9.17) is 11.5 Å². The van der Waals surface area contributed by atoms with Gasteiger partial charge in [0, 0.05) is 35.7 Å². The summed E-state index contributed by atoms with van der Waals surface area (Å²) in [5, 5.41) is 44.7. The minimum atomic E-state index is -2.76. The molecule has 0 aromatic heterocycles. The molecule has 1 amide bonds. The van der Waals surface area contributed by atoms with Crippen LogP contribution in [0.15, 0.2) is 16.9 Å². The lowest BCUT2D eigenvalue weighted by atomic mass is 9.57. The van der Waals surface area contributed by atoms with Gasteiger partial charge in [-0.25, -0.2) is 4.39 Å². The maximum Gasteiger partial charge on any atom is 0.255 e. The van der Waals surface area contributed by atoms with Crippen LogP contribution in [-0.4, -0.2) is 87.0 Å². The fraction of sp³-hybridized carbons (Fsp3) is 0.519. The zero-order valence-corrected chi connectivity index (χ0v) is 22.6. The van der Waals surface area contributed by atoms with Gasteiger partial charge in [0.2, 0.25) is 5.78 Å². The van der Waals surface area contributed by atoms with Crippen molar-refractivity contribution in [2.24, 2.45) is 23.5 Å². The van der Waals surface area contributed by atoms with E-state index in [-0.39, 0.29) is 53.3 Å². The smallest absolute Gasteiger partial charge is 0.255 e. The Bertz CT molecular complexity index is 1350. The number of aliphatic hydroxyl groups is 3. The molecular formula is C27H35FN4O7. The number of ketones is 2. The number of primary amides is 1. The standard InChI is InChI=1S/C27H35FN4O7/c1-10(2)8-32(5)9-13-18(28)12-6-11-7-14-20(31(3)4)23(35)17(26(30)38)25(37)27(14,39)24(36)15(11)21(33)16(12)22(34)19(13)29/h10-11,14,20,33-34,37,39H,6-9,29H2,1-5H3,(H2,30,38)/t11-,14-,20-,27-/m0/s1. The second kappa shape index (κ2) is 9.61. The SMILES string of the molecule is CC(C)CN(C)Cc1c(N)c(O)c2c(c1F)C[C@H]1C[C@H]3[C@H](N(C)C)C(=O)C(C(N)=O)=C(O)[C@@]3(O)C(=O)C1=C2O. The van der Waals surface area contributed by atoms with Crippen molar-refractivity contribution in [3.05, 3.63) is 39.4 Å². The average molecular weight is 547 g/mol. The second-order valence-electron chi connectivity index (χ2n) is 11.5. The zero-order valence-electron chi connectivity index (χ0n) is 22.6. The van der Waals surface area contributed by atoms with Crippen LogP contribution in [0, 0.1) is 23.6 Å². The summed E-state index contributed by atoms with van der Waals surface area (Å²) in [5.41, 5.74) is 6.75. The molecule has 1 fully saturated rings. The fourth-order valence-corrected chi connectivity index (χ4v) is 6.52. The Morgan fingerprint density at radius 3 is 2.33 bits per heavy atom. The monoisotopic (exact) mass is 546 g/mol. The molecule has 0 aliphatic heterocycles. The molecule has 12 heteroatoms. The number of rotatable bonds is 6. The quantitative estimate of drug-likeness (QED) is 0.169. The van der Waals surface area contributed by atoms with Gasteiger partial charge in [-0.3, -0.25) is 19.3 Å². The highest BCUT2D eigenvalue weighted by atomic mass is 19.1. The normalized spacial score (nSPS) is 26.9. The van der Waals surface area contributed by atoms with Crippen molar-refractivity contribution in [1.82, 2.24) is 9.80 Å². The summed E-state index contributed by atoms with van der Waals surface area (Å²) in [6.07, 6.45) is -0.270. The van der Waals surface area contributed by atoms with Crippen LogP contribution in [0.25, 0.3) is 5.76 Å². The Labute approximate surface area is 225 Å². The number of hydrogen-bond donors (Lipinski definition) is 6. The average Bonchev–Trinajstić information content (AvgIpc) is 2.81. The molecule has 1 saturated carbocycles. The molecule has 0 spiro atoms. The summed E-state index contributed by atoms with van der Waals surface area (Å²) in [6, 6.07) is -1.22. The first kappa shape index (κ1) is 28.5. The number of aromatic hydroxyl groups is 1. The number of anilines is 1. The molecule has 8 N–H and O–H groups in total. The predicted octanol–water partition coefficient (Wildman–Crippen LogP) is 0.773. The Hall–Kier alpha value is -3.48. The first-order chi connectivity index (χ1) is 18.0. The topological polar surface area (TPSA) is 191 Å². The molecule has 212 valence electrons. The van der Waals surface area contributed by atoms with Gasteiger partial charge in [0.25, 0.3) is 5.91 Å². The van der Waals surface area contributed by atoms with Gasteiger partial charge in [-0.1, -0.05) is 13.8 Å². The number of carbonyl (C=O) groups is 3. The van der Waals surface area contributed by atoms with Gasteiger partial charge in [-0.15, -0.1) is 0 Å². The summed E-state index contributed by atoms with van der Waals surface area (Å²) < 4.78 is 16.0. The maximum atomic E-state index is 16.0. The van der Waals surface area contributed by atoms with Crippen LogP contribution in [0.5, 0.6) is 5.75 Å². The van der Waals surface area contributed by atoms with Gasteiger partial charge in [-0.05, 0) is 45.8 Å². The van der Waals surface area contributed by atoms with Crippen molar-refractivity contribution in [3.8, 4) is 5.75 Å². The van der Waals surface area contributed by atoms with Crippen molar-refractivity contribution >= 4 is 28.9 Å². The van der Waals surface area contributed by atoms with Crippen LogP contribution in [0.4, 0.5) is 10.1 Å². The predicted molar refractivity (Wildman–Crippen MR) is 140 cm³/mol. The molecule has 3 aliphatic rings. The van der Waals surface area contributed by atoms with E-state index in [0.29, 0.717) is 6.54 Å². The number of aliphatic hydroxyl groups excluding tert-OH is 2. The largest absolute Gasteiger partial charge is 0.508 e. The number of fused-ring (bicyclic) bond motifs is 3. The Morgan fingerprint density at radius 2 is 1.79 bits per heavy atom. The zero-order chi connectivity index (χ0) is 29.3. The third-order valence-corrected chi connectivity index (χ3v) is 8.07. The molecule has 0 bridgehead atoms. The van der Waals surface area contributed by atoms with Crippen LogP contribution in [-0.2, 0) is 27.3 Å². The summed E-state index contributed by atoms with van der Waals surface area (Å²) in [5.74, 6) is -8.45. The van der Waals surface area contributed by atoms with Crippen LogP contribution in [0.3, 0.4) is 0 Å². The number of phenols is 1. The summed E-state index contributed by atoms with van der Waals surface area (Å²) >= 11 is 0. The molecule has 0 heterocycles. The van der Waals surface area contributed by atoms with Gasteiger partial charge < -0.3 is 36.8 Å². The molecule has 1 aromatic rings. The van der Waals surface area contributed by atoms with Crippen molar-refractivity contribution in [1.29, 1.82) is 0 Å². The number of hydrogen-bond acceptors (Lipinski definition) is 10. The number of nitrogens with zero attached hydrogens (tertiary/aromatic N) is 2. The number of carbonyl (C=O) groups excluding carboxylic acids is 3. The molecule has 4 rings (SSSR count). The van der Waals surface area contributed by atoms with E-state index in [1.807, 2.05) is 18.7 Å². The third-order valence-electron chi connectivity index (χ3n) is 8.07. The first-order valence-electron chi connectivity index (χ1n) is 12.7. The van der Waals surface area contributed by atoms with Crippen LogP contribution in [0.1, 0.15) is 37.0 Å². The number of nitrogen functional groups attached to an aromatic ring is 1. The first-order valence-corrected chi connectivity index (χ1v) is 12.7. The van der Waals surface area contributed by atoms with Gasteiger partial charge in [0.1, 0.15) is 28.7 Å². The number of benzene rings is 1. The van der Waals surface area contributed by atoms with Crippen LogP contribution < -0.4 is 11.5 Å². The lowest BCUT2D eigenvalue weighted by molar-refractivity contribution is -0.153. The Balaban J connectivity index is 1.91. The Kier molecular flexibility index (Phi) is 7.03. The van der Waals surface area contributed by atoms with Crippen molar-refractivity contribution < 1.29 is 39.2 Å². The molecule has 0 radical (unpaired) electrons. The van der Waals surface area contributed by atoms with E-state index >= 15 is 4.39 Å². The van der Waals surface area contributed by atoms with E-state index in [0.717, 1.165) is 0 Å². The van der Waals surface area contributed by atoms with Gasteiger partial charge in [-0.2, -0.15) is 0 Å². The molecule has 0 saturated heterocycles. The lowest BCUT2D eigenvalue weighted by Gasteiger charge is -2.50. The number of nitrogens with two attached hydrogens (primary N) is 2. The summed E-state index contributed by atoms with van der Waals surface area (Å²) in [4.78, 5) is 42.3.